The molecule has 0 saturated heterocycles. The molecule has 6 heteroatoms. The molecule has 1 aliphatic rings. The molecule has 0 spiro atoms. The summed E-state index contributed by atoms with van der Waals surface area (Å²) in [7, 11) is 1.29. The molecule has 1 aliphatic carbocycles. The van der Waals surface area contributed by atoms with Crippen molar-refractivity contribution in [3.63, 3.8) is 0 Å². The topological polar surface area (TPSA) is 88.5 Å². The molecule has 1 saturated carbocycles. The first kappa shape index (κ1) is 15.3. The highest BCUT2D eigenvalue weighted by atomic mass is 16.5. The van der Waals surface area contributed by atoms with Crippen molar-refractivity contribution in [3.8, 4) is 0 Å². The summed E-state index contributed by atoms with van der Waals surface area (Å²) < 4.78 is 4.71. The Balaban J connectivity index is 2.34. The second kappa shape index (κ2) is 6.11. The molecule has 21 heavy (non-hydrogen) atoms. The fraction of sp³-hybridized carbons (Fsp3) is 0.533. The van der Waals surface area contributed by atoms with Crippen molar-refractivity contribution in [1.29, 1.82) is 0 Å². The van der Waals surface area contributed by atoms with Crippen LogP contribution in [0.3, 0.4) is 0 Å². The number of aliphatic carboxylic acids is 1. The highest BCUT2D eigenvalue weighted by molar-refractivity contribution is 5.95. The van der Waals surface area contributed by atoms with Crippen LogP contribution in [0.4, 0.5) is 5.82 Å². The van der Waals surface area contributed by atoms with Crippen LogP contribution < -0.4 is 5.32 Å². The first-order valence-corrected chi connectivity index (χ1v) is 7.03. The summed E-state index contributed by atoms with van der Waals surface area (Å²) in [6, 6.07) is 3.19. The molecule has 6 nitrogen and oxygen atoms in total. The molecule has 2 N–H and O–H groups in total. The van der Waals surface area contributed by atoms with Crippen molar-refractivity contribution in [2.45, 2.75) is 38.1 Å². The van der Waals surface area contributed by atoms with E-state index in [2.05, 4.69) is 10.3 Å². The first-order chi connectivity index (χ1) is 9.98. The summed E-state index contributed by atoms with van der Waals surface area (Å²) >= 11 is 0. The van der Waals surface area contributed by atoms with Crippen molar-refractivity contribution in [2.24, 2.45) is 5.92 Å². The molecule has 1 fully saturated rings. The van der Waals surface area contributed by atoms with Gasteiger partial charge < -0.3 is 15.2 Å². The number of carbonyl (C=O) groups excluding carboxylic acids is 1. The van der Waals surface area contributed by atoms with Crippen molar-refractivity contribution >= 4 is 17.8 Å². The number of carboxylic acid groups (broad SMARTS) is 1. The zero-order valence-electron chi connectivity index (χ0n) is 12.3. The normalized spacial score (nSPS) is 25.1. The third-order valence-corrected chi connectivity index (χ3v) is 3.98. The van der Waals surface area contributed by atoms with E-state index in [1.165, 1.54) is 13.3 Å². The monoisotopic (exact) mass is 292 g/mol. The van der Waals surface area contributed by atoms with Crippen LogP contribution in [0.15, 0.2) is 18.3 Å². The van der Waals surface area contributed by atoms with E-state index in [-0.39, 0.29) is 11.4 Å². The summed E-state index contributed by atoms with van der Waals surface area (Å²) in [6.07, 6.45) is 4.41. The number of aromatic nitrogens is 1. The van der Waals surface area contributed by atoms with Crippen molar-refractivity contribution in [1.82, 2.24) is 4.98 Å². The van der Waals surface area contributed by atoms with Crippen molar-refractivity contribution in [2.75, 3.05) is 12.4 Å². The minimum atomic E-state index is -1.07. The number of carboxylic acids is 1. The van der Waals surface area contributed by atoms with E-state index in [0.717, 1.165) is 12.8 Å². The van der Waals surface area contributed by atoms with Gasteiger partial charge in [0.25, 0.3) is 0 Å². The van der Waals surface area contributed by atoms with Crippen LogP contribution in [0, 0.1) is 5.92 Å². The van der Waals surface area contributed by atoms with Crippen molar-refractivity contribution in [3.05, 3.63) is 23.9 Å². The molecule has 0 radical (unpaired) electrons. The number of esters is 1. The van der Waals surface area contributed by atoms with Gasteiger partial charge in [-0.3, -0.25) is 0 Å². The Kier molecular flexibility index (Phi) is 4.45. The summed E-state index contributed by atoms with van der Waals surface area (Å²) in [5.74, 6) is -0.862. The molecule has 0 amide bonds. The number of ether oxygens (including phenoxy) is 1. The van der Waals surface area contributed by atoms with E-state index >= 15 is 0 Å². The Hall–Kier alpha value is -2.11. The fourth-order valence-corrected chi connectivity index (χ4v) is 2.92. The van der Waals surface area contributed by atoms with E-state index in [1.807, 2.05) is 6.92 Å². The molecule has 2 unspecified atom stereocenters. The van der Waals surface area contributed by atoms with Crippen LogP contribution in [0.25, 0.3) is 0 Å². The Morgan fingerprint density at radius 2 is 2.29 bits per heavy atom. The summed E-state index contributed by atoms with van der Waals surface area (Å²) in [4.78, 5) is 27.7. The maximum Gasteiger partial charge on any atom is 0.341 e. The van der Waals surface area contributed by atoms with E-state index in [1.54, 1.807) is 12.1 Å². The minimum absolute atomic E-state index is 0.249. The number of hydrogen-bond acceptors (Lipinski definition) is 5. The lowest BCUT2D eigenvalue weighted by molar-refractivity contribution is -0.144. The summed E-state index contributed by atoms with van der Waals surface area (Å²) in [5, 5.41) is 12.6. The van der Waals surface area contributed by atoms with Crippen molar-refractivity contribution < 1.29 is 19.4 Å². The predicted molar refractivity (Wildman–Crippen MR) is 77.2 cm³/mol. The second-order valence-electron chi connectivity index (χ2n) is 5.60. The van der Waals surface area contributed by atoms with E-state index in [0.29, 0.717) is 18.8 Å². The Morgan fingerprint density at radius 1 is 1.52 bits per heavy atom. The molecule has 1 aromatic heterocycles. The quantitative estimate of drug-likeness (QED) is 0.828. The van der Waals surface area contributed by atoms with Gasteiger partial charge in [0.05, 0.1) is 7.11 Å². The number of methoxy groups -OCH3 is 1. The predicted octanol–water partition coefficient (Wildman–Crippen LogP) is 2.31. The molecular formula is C15H20N2O4. The molecule has 2 rings (SSSR count). The highest BCUT2D eigenvalue weighted by Gasteiger charge is 2.42. The largest absolute Gasteiger partial charge is 0.480 e. The lowest BCUT2D eigenvalue weighted by Crippen LogP contribution is -2.50. The van der Waals surface area contributed by atoms with Crippen LogP contribution >= 0.6 is 0 Å². The van der Waals surface area contributed by atoms with Gasteiger partial charge in [-0.05, 0) is 30.9 Å². The standard InChI is InChI=1S/C15H20N2O4/c1-10-5-3-7-15(9-10,14(19)20)17-12-11(13(18)21-2)6-4-8-16-12/h4,6,8,10H,3,5,7,9H2,1-2H3,(H,16,17)(H,19,20). The summed E-state index contributed by atoms with van der Waals surface area (Å²) in [6.45, 7) is 2.04. The average molecular weight is 292 g/mol. The number of carbonyl (C=O) groups is 2. The van der Waals surface area contributed by atoms with Crippen LogP contribution in [0.2, 0.25) is 0 Å². The lowest BCUT2D eigenvalue weighted by Gasteiger charge is -2.37. The number of anilines is 1. The fourth-order valence-electron chi connectivity index (χ4n) is 2.92. The number of nitrogens with one attached hydrogen (secondary N) is 1. The van der Waals surface area contributed by atoms with Crippen LogP contribution in [-0.4, -0.2) is 34.7 Å². The van der Waals surface area contributed by atoms with E-state index < -0.39 is 17.5 Å². The highest BCUT2D eigenvalue weighted by Crippen LogP contribution is 2.35. The van der Waals surface area contributed by atoms with Gasteiger partial charge in [0.2, 0.25) is 0 Å². The Bertz CT molecular complexity index is 546. The maximum atomic E-state index is 11.8. The van der Waals surface area contributed by atoms with Gasteiger partial charge >= 0.3 is 11.9 Å². The maximum absolute atomic E-state index is 11.8. The van der Waals surface area contributed by atoms with Gasteiger partial charge in [-0.15, -0.1) is 0 Å². The van der Waals surface area contributed by atoms with E-state index in [4.69, 9.17) is 4.74 Å². The molecule has 1 heterocycles. The number of hydrogen-bond donors (Lipinski definition) is 2. The molecule has 2 atom stereocenters. The average Bonchev–Trinajstić information content (AvgIpc) is 2.47. The molecule has 0 bridgehead atoms. The third-order valence-electron chi connectivity index (χ3n) is 3.98. The number of rotatable bonds is 4. The molecule has 0 aromatic carbocycles. The molecule has 1 aromatic rings. The van der Waals surface area contributed by atoms with Crippen LogP contribution in [0.1, 0.15) is 43.0 Å². The first-order valence-electron chi connectivity index (χ1n) is 7.03. The van der Waals surface area contributed by atoms with Gasteiger partial charge in [-0.25, -0.2) is 14.6 Å². The van der Waals surface area contributed by atoms with Gasteiger partial charge in [0.1, 0.15) is 16.9 Å². The zero-order chi connectivity index (χ0) is 15.5. The van der Waals surface area contributed by atoms with Gasteiger partial charge in [-0.1, -0.05) is 19.8 Å². The SMILES string of the molecule is COC(=O)c1cccnc1NC1(C(=O)O)CCCC(C)C1. The smallest absolute Gasteiger partial charge is 0.341 e. The number of pyridine rings is 1. The van der Waals surface area contributed by atoms with Gasteiger partial charge in [-0.2, -0.15) is 0 Å². The minimum Gasteiger partial charge on any atom is -0.480 e. The van der Waals surface area contributed by atoms with Crippen LogP contribution in [0.5, 0.6) is 0 Å². The zero-order valence-corrected chi connectivity index (χ0v) is 12.3. The summed E-state index contributed by atoms with van der Waals surface area (Å²) in [5.41, 5.74) is -0.826. The third kappa shape index (κ3) is 3.15. The number of nitrogens with zero attached hydrogens (tertiary/aromatic N) is 1. The van der Waals surface area contributed by atoms with E-state index in [9.17, 15) is 14.7 Å². The van der Waals surface area contributed by atoms with Gasteiger partial charge in [0.15, 0.2) is 0 Å². The lowest BCUT2D eigenvalue weighted by atomic mass is 9.76. The molecule has 114 valence electrons. The van der Waals surface area contributed by atoms with Crippen LogP contribution in [-0.2, 0) is 9.53 Å². The Morgan fingerprint density at radius 3 is 2.90 bits per heavy atom. The van der Waals surface area contributed by atoms with Gasteiger partial charge in [0, 0.05) is 6.20 Å². The molecular weight excluding hydrogens is 272 g/mol. The molecule has 0 aliphatic heterocycles. The Labute approximate surface area is 123 Å². The second-order valence-corrected chi connectivity index (χ2v) is 5.60.